The van der Waals surface area contributed by atoms with Crippen molar-refractivity contribution in [2.45, 2.75) is 39.0 Å². The number of hydrogen-bond donors (Lipinski definition) is 2. The maximum atomic E-state index is 12.1. The van der Waals surface area contributed by atoms with E-state index in [0.717, 1.165) is 25.4 Å². The quantitative estimate of drug-likeness (QED) is 0.800. The van der Waals surface area contributed by atoms with Crippen molar-refractivity contribution in [1.29, 1.82) is 0 Å². The number of nitrogens with zero attached hydrogens (tertiary/aromatic N) is 2. The molecule has 0 unspecified atom stereocenters. The normalized spacial score (nSPS) is 19.4. The molecule has 1 heterocycles. The van der Waals surface area contributed by atoms with Gasteiger partial charge in [0, 0.05) is 13.1 Å². The highest BCUT2D eigenvalue weighted by atomic mass is 16.1. The molecule has 3 rings (SSSR count). The number of hydrogen-bond acceptors (Lipinski definition) is 4. The van der Waals surface area contributed by atoms with Crippen LogP contribution in [0.15, 0.2) is 12.4 Å². The first-order valence-electron chi connectivity index (χ1n) is 7.58. The van der Waals surface area contributed by atoms with Gasteiger partial charge in [-0.3, -0.25) is 9.78 Å². The van der Waals surface area contributed by atoms with Gasteiger partial charge in [-0.1, -0.05) is 6.92 Å². The van der Waals surface area contributed by atoms with Crippen molar-refractivity contribution in [3.8, 4) is 0 Å². The number of aromatic nitrogens is 2. The summed E-state index contributed by atoms with van der Waals surface area (Å²) in [4.78, 5) is 20.5. The molecule has 1 amide bonds. The minimum absolute atomic E-state index is 0.107. The van der Waals surface area contributed by atoms with Crippen LogP contribution in [0.4, 0.5) is 5.82 Å². The lowest BCUT2D eigenvalue weighted by Gasteiger charge is -2.14. The van der Waals surface area contributed by atoms with Gasteiger partial charge in [0.05, 0.1) is 12.4 Å². The zero-order valence-electron chi connectivity index (χ0n) is 12.0. The molecule has 5 nitrogen and oxygen atoms in total. The van der Waals surface area contributed by atoms with Crippen LogP contribution in [-0.2, 0) is 0 Å². The number of anilines is 1. The molecule has 5 heteroatoms. The van der Waals surface area contributed by atoms with Gasteiger partial charge in [-0.15, -0.1) is 0 Å². The van der Waals surface area contributed by atoms with Crippen molar-refractivity contribution in [1.82, 2.24) is 15.3 Å². The topological polar surface area (TPSA) is 66.9 Å². The summed E-state index contributed by atoms with van der Waals surface area (Å²) in [6, 6.07) is 0. The smallest absolute Gasteiger partial charge is 0.271 e. The Bertz CT molecular complexity index is 494. The number of carbonyl (C=O) groups is 1. The van der Waals surface area contributed by atoms with E-state index in [-0.39, 0.29) is 5.91 Å². The van der Waals surface area contributed by atoms with E-state index in [1.165, 1.54) is 31.9 Å². The number of nitrogens with one attached hydrogen (secondary N) is 2. The van der Waals surface area contributed by atoms with E-state index >= 15 is 0 Å². The van der Waals surface area contributed by atoms with Crippen molar-refractivity contribution < 1.29 is 4.79 Å². The molecule has 1 aromatic heterocycles. The molecule has 0 aliphatic heterocycles. The molecule has 0 saturated heterocycles. The van der Waals surface area contributed by atoms with Crippen LogP contribution in [0.5, 0.6) is 0 Å². The van der Waals surface area contributed by atoms with Crippen molar-refractivity contribution in [2.75, 3.05) is 18.4 Å². The van der Waals surface area contributed by atoms with E-state index in [2.05, 4.69) is 27.5 Å². The van der Waals surface area contributed by atoms with Gasteiger partial charge in [0.2, 0.25) is 0 Å². The summed E-state index contributed by atoms with van der Waals surface area (Å²) in [6.45, 7) is 3.72. The molecule has 0 atom stereocenters. The third-order valence-corrected chi connectivity index (χ3v) is 4.36. The second kappa shape index (κ2) is 5.38. The summed E-state index contributed by atoms with van der Waals surface area (Å²) in [7, 11) is 0. The van der Waals surface area contributed by atoms with Gasteiger partial charge < -0.3 is 10.6 Å². The lowest BCUT2D eigenvalue weighted by Crippen LogP contribution is -2.31. The Kier molecular flexibility index (Phi) is 3.59. The molecule has 1 aromatic rings. The van der Waals surface area contributed by atoms with E-state index in [0.29, 0.717) is 16.9 Å². The monoisotopic (exact) mass is 274 g/mol. The second-order valence-corrected chi connectivity index (χ2v) is 6.04. The molecule has 20 heavy (non-hydrogen) atoms. The molecule has 0 aromatic carbocycles. The van der Waals surface area contributed by atoms with Crippen LogP contribution in [0.1, 0.15) is 49.5 Å². The average Bonchev–Trinajstić information content (AvgIpc) is 3.35. The van der Waals surface area contributed by atoms with Crippen molar-refractivity contribution >= 4 is 11.7 Å². The minimum Gasteiger partial charge on any atom is -0.369 e. The van der Waals surface area contributed by atoms with Crippen LogP contribution < -0.4 is 10.6 Å². The summed E-state index contributed by atoms with van der Waals surface area (Å²) in [6.07, 6.45) is 9.41. The molecule has 0 spiro atoms. The third kappa shape index (κ3) is 2.92. The molecule has 2 aliphatic carbocycles. The van der Waals surface area contributed by atoms with Gasteiger partial charge >= 0.3 is 0 Å². The van der Waals surface area contributed by atoms with Crippen LogP contribution in [0.3, 0.4) is 0 Å². The van der Waals surface area contributed by atoms with E-state index in [9.17, 15) is 4.79 Å². The Labute approximate surface area is 119 Å². The van der Waals surface area contributed by atoms with Gasteiger partial charge in [-0.05, 0) is 43.4 Å². The zero-order valence-corrected chi connectivity index (χ0v) is 12.0. The molecule has 2 fully saturated rings. The summed E-state index contributed by atoms with van der Waals surface area (Å²) >= 11 is 0. The summed E-state index contributed by atoms with van der Waals surface area (Å²) in [5, 5.41) is 6.19. The van der Waals surface area contributed by atoms with Gasteiger partial charge in [-0.2, -0.15) is 0 Å². The van der Waals surface area contributed by atoms with Crippen LogP contribution in [0.2, 0.25) is 0 Å². The molecular weight excluding hydrogens is 252 g/mol. The standard InChI is InChI=1S/C15H22N4O/c1-2-7-17-13-9-16-8-12(19-13)14(20)18-10-15(5-6-15)11-3-4-11/h8-9,11H,2-7,10H2,1H3,(H,17,19)(H,18,20). The lowest BCUT2D eigenvalue weighted by molar-refractivity contribution is 0.0937. The van der Waals surface area contributed by atoms with Crippen LogP contribution in [0.25, 0.3) is 0 Å². The molecule has 0 radical (unpaired) electrons. The fourth-order valence-corrected chi connectivity index (χ4v) is 2.75. The summed E-state index contributed by atoms with van der Waals surface area (Å²) in [5.74, 6) is 1.42. The first-order chi connectivity index (χ1) is 9.73. The van der Waals surface area contributed by atoms with Crippen molar-refractivity contribution in [3.63, 3.8) is 0 Å². The fourth-order valence-electron chi connectivity index (χ4n) is 2.75. The molecular formula is C15H22N4O. The molecule has 2 aliphatic rings. The highest BCUT2D eigenvalue weighted by Crippen LogP contribution is 2.60. The second-order valence-electron chi connectivity index (χ2n) is 6.04. The van der Waals surface area contributed by atoms with Gasteiger partial charge in [0.1, 0.15) is 11.5 Å². The van der Waals surface area contributed by atoms with Gasteiger partial charge in [0.25, 0.3) is 5.91 Å². The van der Waals surface area contributed by atoms with E-state index in [1.807, 2.05) is 0 Å². The van der Waals surface area contributed by atoms with Crippen molar-refractivity contribution in [3.05, 3.63) is 18.1 Å². The number of carbonyl (C=O) groups excluding carboxylic acids is 1. The third-order valence-electron chi connectivity index (χ3n) is 4.36. The Morgan fingerprint density at radius 3 is 2.85 bits per heavy atom. The predicted molar refractivity (Wildman–Crippen MR) is 77.5 cm³/mol. The SMILES string of the molecule is CCCNc1cncc(C(=O)NCC2(C3CC3)CC2)n1. The molecule has 2 N–H and O–H groups in total. The summed E-state index contributed by atoms with van der Waals surface area (Å²) < 4.78 is 0. The van der Waals surface area contributed by atoms with Crippen LogP contribution in [0, 0.1) is 11.3 Å². The first-order valence-corrected chi connectivity index (χ1v) is 7.58. The average molecular weight is 274 g/mol. The van der Waals surface area contributed by atoms with E-state index in [1.54, 1.807) is 6.20 Å². The molecule has 108 valence electrons. The lowest BCUT2D eigenvalue weighted by atomic mass is 10.0. The van der Waals surface area contributed by atoms with Gasteiger partial charge in [0.15, 0.2) is 0 Å². The van der Waals surface area contributed by atoms with E-state index in [4.69, 9.17) is 0 Å². The highest BCUT2D eigenvalue weighted by Gasteiger charge is 2.53. The van der Waals surface area contributed by atoms with Crippen LogP contribution >= 0.6 is 0 Å². The minimum atomic E-state index is -0.107. The Morgan fingerprint density at radius 1 is 1.40 bits per heavy atom. The fraction of sp³-hybridized carbons (Fsp3) is 0.667. The van der Waals surface area contributed by atoms with Crippen LogP contribution in [-0.4, -0.2) is 29.0 Å². The maximum Gasteiger partial charge on any atom is 0.271 e. The zero-order chi connectivity index (χ0) is 14.0. The maximum absolute atomic E-state index is 12.1. The van der Waals surface area contributed by atoms with E-state index < -0.39 is 0 Å². The highest BCUT2D eigenvalue weighted by molar-refractivity contribution is 5.92. The molecule has 0 bridgehead atoms. The van der Waals surface area contributed by atoms with Crippen molar-refractivity contribution in [2.24, 2.45) is 11.3 Å². The Balaban J connectivity index is 1.56. The number of rotatable bonds is 7. The summed E-state index contributed by atoms with van der Waals surface area (Å²) in [5.41, 5.74) is 0.818. The largest absolute Gasteiger partial charge is 0.369 e. The van der Waals surface area contributed by atoms with Gasteiger partial charge in [-0.25, -0.2) is 4.98 Å². The molecule has 2 saturated carbocycles. The Morgan fingerprint density at radius 2 is 2.20 bits per heavy atom. The predicted octanol–water partition coefficient (Wildman–Crippen LogP) is 2.22. The Hall–Kier alpha value is -1.65. The number of amides is 1. The first kappa shape index (κ1) is 13.3.